The monoisotopic (exact) mass is 364 g/mol. The third-order valence-electron chi connectivity index (χ3n) is 4.19. The molecule has 2 atom stereocenters. The van der Waals surface area contributed by atoms with Crippen molar-refractivity contribution in [3.8, 4) is 0 Å². The summed E-state index contributed by atoms with van der Waals surface area (Å²) >= 11 is 0. The molecule has 1 aromatic carbocycles. The van der Waals surface area contributed by atoms with E-state index in [0.29, 0.717) is 5.56 Å². The van der Waals surface area contributed by atoms with Crippen LogP contribution in [-0.2, 0) is 16.1 Å². The van der Waals surface area contributed by atoms with Crippen LogP contribution in [0.3, 0.4) is 0 Å². The number of aliphatic hydroxyl groups is 1. The Balaban J connectivity index is 2.86. The second kappa shape index (κ2) is 11.7. The Morgan fingerprint density at radius 1 is 0.885 bits per heavy atom. The predicted octanol–water partition coefficient (Wildman–Crippen LogP) is 4.65. The van der Waals surface area contributed by atoms with Gasteiger partial charge < -0.3 is 14.6 Å². The van der Waals surface area contributed by atoms with Gasteiger partial charge >= 0.3 is 11.9 Å². The van der Waals surface area contributed by atoms with Crippen LogP contribution < -0.4 is 0 Å². The molecule has 0 radical (unpaired) electrons. The van der Waals surface area contributed by atoms with E-state index in [9.17, 15) is 14.7 Å². The van der Waals surface area contributed by atoms with Gasteiger partial charge in [0.1, 0.15) is 0 Å². The molecular formula is C21H32O5. The van der Waals surface area contributed by atoms with Crippen LogP contribution in [0.25, 0.3) is 0 Å². The number of esters is 2. The van der Waals surface area contributed by atoms with E-state index < -0.39 is 11.9 Å². The molecule has 0 fully saturated rings. The third kappa shape index (κ3) is 7.56. The zero-order valence-corrected chi connectivity index (χ0v) is 16.4. The van der Waals surface area contributed by atoms with Crippen molar-refractivity contribution in [1.29, 1.82) is 0 Å². The molecule has 0 amide bonds. The van der Waals surface area contributed by atoms with Gasteiger partial charge in [-0.1, -0.05) is 39.5 Å². The number of hydrogen-bond donors (Lipinski definition) is 1. The number of benzene rings is 1. The Hall–Kier alpha value is -1.88. The van der Waals surface area contributed by atoms with Crippen LogP contribution in [0.5, 0.6) is 0 Å². The summed E-state index contributed by atoms with van der Waals surface area (Å²) in [5.74, 6) is -0.978. The van der Waals surface area contributed by atoms with E-state index in [1.165, 1.54) is 6.07 Å². The highest BCUT2D eigenvalue weighted by molar-refractivity contribution is 5.95. The number of rotatable bonds is 11. The van der Waals surface area contributed by atoms with Crippen LogP contribution in [0.1, 0.15) is 92.5 Å². The summed E-state index contributed by atoms with van der Waals surface area (Å²) in [6.07, 6.45) is 5.26. The van der Waals surface area contributed by atoms with E-state index >= 15 is 0 Å². The molecule has 0 saturated heterocycles. The minimum Gasteiger partial charge on any atom is -0.459 e. The largest absolute Gasteiger partial charge is 0.459 e. The summed E-state index contributed by atoms with van der Waals surface area (Å²) < 4.78 is 10.9. The summed E-state index contributed by atoms with van der Waals surface area (Å²) in [7, 11) is 0. The van der Waals surface area contributed by atoms with Gasteiger partial charge in [0.05, 0.1) is 29.9 Å². The van der Waals surface area contributed by atoms with E-state index in [1.54, 1.807) is 12.1 Å². The highest BCUT2D eigenvalue weighted by Gasteiger charge is 2.18. The van der Waals surface area contributed by atoms with Gasteiger partial charge in [-0.15, -0.1) is 0 Å². The van der Waals surface area contributed by atoms with E-state index in [0.717, 1.165) is 38.5 Å². The number of unbranched alkanes of at least 4 members (excludes halogenated alkanes) is 2. The zero-order chi connectivity index (χ0) is 19.5. The Morgan fingerprint density at radius 3 is 1.65 bits per heavy atom. The molecule has 2 unspecified atom stereocenters. The van der Waals surface area contributed by atoms with Crippen molar-refractivity contribution in [3.05, 3.63) is 34.9 Å². The quantitative estimate of drug-likeness (QED) is 0.579. The standard InChI is InChI=1S/C21H32O5/c1-5-7-9-15(3)25-20(23)18-11-17(14-22)12-19(13-18)21(24)26-16(4)10-8-6-2/h11-13,15-16,22H,5-10,14H2,1-4H3. The van der Waals surface area contributed by atoms with Gasteiger partial charge in [0.2, 0.25) is 0 Å². The van der Waals surface area contributed by atoms with Gasteiger partial charge in [0.15, 0.2) is 0 Å². The summed E-state index contributed by atoms with van der Waals surface area (Å²) in [5.41, 5.74) is 0.995. The van der Waals surface area contributed by atoms with Gasteiger partial charge in [-0.05, 0) is 50.5 Å². The SMILES string of the molecule is CCCCC(C)OC(=O)c1cc(CO)cc(C(=O)OC(C)CCCC)c1. The van der Waals surface area contributed by atoms with Crippen molar-refractivity contribution in [2.45, 2.75) is 85.0 Å². The molecule has 1 aromatic rings. The molecule has 0 aliphatic rings. The Kier molecular flexibility index (Phi) is 9.96. The molecule has 0 heterocycles. The first-order valence-corrected chi connectivity index (χ1v) is 9.58. The van der Waals surface area contributed by atoms with Gasteiger partial charge in [0.25, 0.3) is 0 Å². The van der Waals surface area contributed by atoms with Crippen molar-refractivity contribution in [1.82, 2.24) is 0 Å². The second-order valence-corrected chi connectivity index (χ2v) is 6.79. The fourth-order valence-electron chi connectivity index (χ4n) is 2.62. The first-order valence-electron chi connectivity index (χ1n) is 9.58. The zero-order valence-electron chi connectivity index (χ0n) is 16.4. The first-order chi connectivity index (χ1) is 12.4. The molecule has 26 heavy (non-hydrogen) atoms. The fraction of sp³-hybridized carbons (Fsp3) is 0.619. The average molecular weight is 364 g/mol. The van der Waals surface area contributed by atoms with E-state index in [-0.39, 0.29) is 29.9 Å². The normalized spacial score (nSPS) is 13.1. The molecule has 0 aromatic heterocycles. The highest BCUT2D eigenvalue weighted by Crippen LogP contribution is 2.16. The van der Waals surface area contributed by atoms with Crippen molar-refractivity contribution in [3.63, 3.8) is 0 Å². The Morgan fingerprint density at radius 2 is 1.31 bits per heavy atom. The van der Waals surface area contributed by atoms with Crippen LogP contribution in [0, 0.1) is 0 Å². The maximum atomic E-state index is 12.4. The minimum atomic E-state index is -0.489. The Bertz CT molecular complexity index is 536. The Labute approximate surface area is 156 Å². The predicted molar refractivity (Wildman–Crippen MR) is 101 cm³/mol. The first kappa shape index (κ1) is 22.2. The fourth-order valence-corrected chi connectivity index (χ4v) is 2.62. The molecule has 5 heteroatoms. The molecule has 1 N–H and O–H groups in total. The topological polar surface area (TPSA) is 72.8 Å². The van der Waals surface area contributed by atoms with E-state index in [2.05, 4.69) is 13.8 Å². The summed E-state index contributed by atoms with van der Waals surface area (Å²) in [4.78, 5) is 24.7. The number of carbonyl (C=O) groups is 2. The third-order valence-corrected chi connectivity index (χ3v) is 4.19. The number of carbonyl (C=O) groups excluding carboxylic acids is 2. The lowest BCUT2D eigenvalue weighted by atomic mass is 10.1. The van der Waals surface area contributed by atoms with E-state index in [1.807, 2.05) is 13.8 Å². The summed E-state index contributed by atoms with van der Waals surface area (Å²) in [5, 5.41) is 9.44. The van der Waals surface area contributed by atoms with Crippen LogP contribution in [0.15, 0.2) is 18.2 Å². The van der Waals surface area contributed by atoms with Crippen molar-refractivity contribution >= 4 is 11.9 Å². The van der Waals surface area contributed by atoms with Crippen molar-refractivity contribution in [2.75, 3.05) is 0 Å². The van der Waals surface area contributed by atoms with Crippen LogP contribution in [0.2, 0.25) is 0 Å². The number of hydrogen-bond acceptors (Lipinski definition) is 5. The lowest BCUT2D eigenvalue weighted by molar-refractivity contribution is 0.0319. The van der Waals surface area contributed by atoms with Crippen LogP contribution in [-0.4, -0.2) is 29.3 Å². The molecule has 0 bridgehead atoms. The lowest BCUT2D eigenvalue weighted by Crippen LogP contribution is -2.18. The van der Waals surface area contributed by atoms with Crippen molar-refractivity contribution in [2.24, 2.45) is 0 Å². The van der Waals surface area contributed by atoms with E-state index in [4.69, 9.17) is 9.47 Å². The minimum absolute atomic E-state index is 0.190. The molecule has 5 nitrogen and oxygen atoms in total. The maximum Gasteiger partial charge on any atom is 0.338 e. The lowest BCUT2D eigenvalue weighted by Gasteiger charge is -2.15. The smallest absolute Gasteiger partial charge is 0.338 e. The molecular weight excluding hydrogens is 332 g/mol. The average Bonchev–Trinajstić information content (AvgIpc) is 2.63. The van der Waals surface area contributed by atoms with Crippen molar-refractivity contribution < 1.29 is 24.2 Å². The van der Waals surface area contributed by atoms with Gasteiger partial charge in [0, 0.05) is 0 Å². The molecule has 0 saturated carbocycles. The molecule has 0 aliphatic heterocycles. The maximum absolute atomic E-state index is 12.4. The van der Waals surface area contributed by atoms with Gasteiger partial charge in [-0.2, -0.15) is 0 Å². The molecule has 146 valence electrons. The molecule has 0 spiro atoms. The van der Waals surface area contributed by atoms with Crippen LogP contribution >= 0.6 is 0 Å². The summed E-state index contributed by atoms with van der Waals surface area (Å²) in [6, 6.07) is 4.57. The molecule has 0 aliphatic carbocycles. The van der Waals surface area contributed by atoms with Gasteiger partial charge in [-0.25, -0.2) is 9.59 Å². The summed E-state index contributed by atoms with van der Waals surface area (Å²) in [6.45, 7) is 7.61. The molecule has 1 rings (SSSR count). The highest BCUT2D eigenvalue weighted by atomic mass is 16.5. The van der Waals surface area contributed by atoms with Crippen LogP contribution in [0.4, 0.5) is 0 Å². The second-order valence-electron chi connectivity index (χ2n) is 6.79. The number of ether oxygens (including phenoxy) is 2. The number of aliphatic hydroxyl groups excluding tert-OH is 1. The van der Waals surface area contributed by atoms with Gasteiger partial charge in [-0.3, -0.25) is 0 Å².